The summed E-state index contributed by atoms with van der Waals surface area (Å²) in [5.41, 5.74) is 0. The summed E-state index contributed by atoms with van der Waals surface area (Å²) in [6.45, 7) is 6.15. The van der Waals surface area contributed by atoms with E-state index >= 15 is 0 Å². The highest BCUT2D eigenvalue weighted by molar-refractivity contribution is 7.99. The molecule has 0 amide bonds. The van der Waals surface area contributed by atoms with Gasteiger partial charge in [-0.15, -0.1) is 0 Å². The standard InChI is InChI=1S/C23H38O8S2/c1-4-22(28-6-7-29-22)15(2)19(24)16-11-33-12-17(20(16)25)21(27-14-26-3)18-13-32-10-5-23(18)30-8-9-31-23/h15-19,21,24H,4-14H2,1-3H3/t15-,16-,17+,18+,19+,21-/m0/s1. The third-order valence-corrected chi connectivity index (χ3v) is 9.89. The van der Waals surface area contributed by atoms with Gasteiger partial charge in [-0.05, 0) is 12.2 Å². The third kappa shape index (κ3) is 5.15. The van der Waals surface area contributed by atoms with E-state index in [-0.39, 0.29) is 30.3 Å². The van der Waals surface area contributed by atoms with Crippen molar-refractivity contribution in [1.29, 1.82) is 0 Å². The summed E-state index contributed by atoms with van der Waals surface area (Å²) < 4.78 is 35.5. The van der Waals surface area contributed by atoms with Crippen LogP contribution in [-0.2, 0) is 33.2 Å². The van der Waals surface area contributed by atoms with E-state index in [1.54, 1.807) is 18.9 Å². The highest BCUT2D eigenvalue weighted by Crippen LogP contribution is 2.46. The summed E-state index contributed by atoms with van der Waals surface area (Å²) in [5.74, 6) is 0.199. The van der Waals surface area contributed by atoms with Crippen molar-refractivity contribution in [1.82, 2.24) is 0 Å². The summed E-state index contributed by atoms with van der Waals surface area (Å²) in [6, 6.07) is 0. The van der Waals surface area contributed by atoms with Crippen molar-refractivity contribution >= 4 is 29.3 Å². The second-order valence-electron chi connectivity index (χ2n) is 9.27. The maximum atomic E-state index is 13.9. The highest BCUT2D eigenvalue weighted by atomic mass is 32.2. The summed E-state index contributed by atoms with van der Waals surface area (Å²) in [5, 5.41) is 11.3. The molecule has 0 aromatic heterocycles. The van der Waals surface area contributed by atoms with E-state index < -0.39 is 29.7 Å². The first kappa shape index (κ1) is 26.2. The Kier molecular flexibility index (Phi) is 9.06. The molecule has 33 heavy (non-hydrogen) atoms. The van der Waals surface area contributed by atoms with E-state index in [0.717, 1.165) is 17.9 Å². The minimum absolute atomic E-state index is 0.0437. The Morgan fingerprint density at radius 2 is 1.73 bits per heavy atom. The molecule has 6 atom stereocenters. The molecule has 0 bridgehead atoms. The first-order chi connectivity index (χ1) is 16.0. The molecule has 0 unspecified atom stereocenters. The lowest BCUT2D eigenvalue weighted by Gasteiger charge is -2.46. The smallest absolute Gasteiger partial charge is 0.175 e. The Hall–Kier alpha value is 0.0900. The Balaban J connectivity index is 1.54. The Morgan fingerprint density at radius 1 is 1.06 bits per heavy atom. The number of carbonyl (C=O) groups excluding carboxylic acids is 1. The first-order valence-corrected chi connectivity index (χ1v) is 14.3. The van der Waals surface area contributed by atoms with E-state index in [0.29, 0.717) is 44.4 Å². The van der Waals surface area contributed by atoms with Crippen LogP contribution in [0.25, 0.3) is 0 Å². The fourth-order valence-corrected chi connectivity index (χ4v) is 8.38. The average molecular weight is 507 g/mol. The van der Waals surface area contributed by atoms with Crippen LogP contribution < -0.4 is 0 Å². The topological polar surface area (TPSA) is 92.7 Å². The molecule has 4 aliphatic rings. The molecule has 4 fully saturated rings. The first-order valence-electron chi connectivity index (χ1n) is 12.0. The Labute approximate surface area is 205 Å². The van der Waals surface area contributed by atoms with Gasteiger partial charge in [0.05, 0.1) is 50.5 Å². The molecule has 8 nitrogen and oxygen atoms in total. The molecule has 0 radical (unpaired) electrons. The van der Waals surface area contributed by atoms with Crippen LogP contribution in [0.3, 0.4) is 0 Å². The van der Waals surface area contributed by atoms with Gasteiger partial charge in [0.1, 0.15) is 12.6 Å². The lowest BCUT2D eigenvalue weighted by atomic mass is 9.76. The van der Waals surface area contributed by atoms with Crippen LogP contribution in [0.2, 0.25) is 0 Å². The zero-order valence-electron chi connectivity index (χ0n) is 19.9. The summed E-state index contributed by atoms with van der Waals surface area (Å²) in [6.07, 6.45) is 0.140. The molecule has 1 N–H and O–H groups in total. The van der Waals surface area contributed by atoms with Crippen LogP contribution in [0.4, 0.5) is 0 Å². The molecule has 4 saturated heterocycles. The third-order valence-electron chi connectivity index (χ3n) is 7.62. The second-order valence-corrected chi connectivity index (χ2v) is 11.5. The van der Waals surface area contributed by atoms with Crippen LogP contribution in [0, 0.1) is 23.7 Å². The number of rotatable bonds is 9. The van der Waals surface area contributed by atoms with Crippen LogP contribution >= 0.6 is 23.5 Å². The molecule has 10 heteroatoms. The minimum atomic E-state index is -0.859. The number of thioether (sulfide) groups is 2. The molecule has 0 aromatic carbocycles. The fraction of sp³-hybridized carbons (Fsp3) is 0.957. The van der Waals surface area contributed by atoms with Crippen molar-refractivity contribution in [3.05, 3.63) is 0 Å². The number of ketones is 1. The number of aliphatic hydroxyl groups is 1. The van der Waals surface area contributed by atoms with Crippen LogP contribution in [0.1, 0.15) is 26.7 Å². The van der Waals surface area contributed by atoms with Crippen molar-refractivity contribution in [2.75, 3.05) is 63.3 Å². The van der Waals surface area contributed by atoms with Gasteiger partial charge in [0.15, 0.2) is 11.6 Å². The van der Waals surface area contributed by atoms with Crippen LogP contribution in [0.5, 0.6) is 0 Å². The van der Waals surface area contributed by atoms with E-state index in [4.69, 9.17) is 28.4 Å². The predicted molar refractivity (Wildman–Crippen MR) is 126 cm³/mol. The average Bonchev–Trinajstić information content (AvgIpc) is 3.51. The van der Waals surface area contributed by atoms with Crippen molar-refractivity contribution in [3.63, 3.8) is 0 Å². The summed E-state index contributed by atoms with van der Waals surface area (Å²) in [7, 11) is 1.59. The van der Waals surface area contributed by atoms with Gasteiger partial charge in [-0.1, -0.05) is 13.8 Å². The maximum absolute atomic E-state index is 13.9. The lowest BCUT2D eigenvalue weighted by molar-refractivity contribution is -0.235. The number of Topliss-reactive ketones (excluding diaryl/α,β-unsaturated/α-hetero) is 1. The van der Waals surface area contributed by atoms with Crippen molar-refractivity contribution in [3.8, 4) is 0 Å². The Morgan fingerprint density at radius 3 is 2.39 bits per heavy atom. The van der Waals surface area contributed by atoms with E-state index in [9.17, 15) is 9.90 Å². The fourth-order valence-electron chi connectivity index (χ4n) is 5.72. The Bertz CT molecular complexity index is 652. The SMILES string of the molecule is CCC1([C@@H](C)[C@@H](O)[C@@H]2CSC[C@@H]([C@H](OCOC)[C@H]3CSCCC34OCCO4)C2=O)OCCO1. The summed E-state index contributed by atoms with van der Waals surface area (Å²) in [4.78, 5) is 13.9. The number of methoxy groups -OCH3 is 1. The van der Waals surface area contributed by atoms with Crippen LogP contribution in [0.15, 0.2) is 0 Å². The molecular weight excluding hydrogens is 468 g/mol. The second kappa shape index (κ2) is 11.4. The largest absolute Gasteiger partial charge is 0.392 e. The van der Waals surface area contributed by atoms with Crippen molar-refractivity contribution in [2.24, 2.45) is 23.7 Å². The summed E-state index contributed by atoms with van der Waals surface area (Å²) >= 11 is 3.54. The molecule has 0 saturated carbocycles. The highest BCUT2D eigenvalue weighted by Gasteiger charge is 2.55. The van der Waals surface area contributed by atoms with Crippen LogP contribution in [-0.4, -0.2) is 98.0 Å². The molecule has 0 aromatic rings. The van der Waals surface area contributed by atoms with Gasteiger partial charge in [0.2, 0.25) is 0 Å². The van der Waals surface area contributed by atoms with Crippen molar-refractivity contribution < 1.29 is 38.3 Å². The minimum Gasteiger partial charge on any atom is -0.392 e. The molecule has 190 valence electrons. The van der Waals surface area contributed by atoms with Crippen molar-refractivity contribution in [2.45, 2.75) is 50.5 Å². The van der Waals surface area contributed by atoms with Gasteiger partial charge < -0.3 is 33.5 Å². The zero-order valence-corrected chi connectivity index (χ0v) is 21.5. The van der Waals surface area contributed by atoms with E-state index in [1.165, 1.54) is 0 Å². The van der Waals surface area contributed by atoms with Gasteiger partial charge in [-0.25, -0.2) is 0 Å². The number of hydrogen-bond acceptors (Lipinski definition) is 10. The molecule has 4 rings (SSSR count). The molecular formula is C23H38O8S2. The van der Waals surface area contributed by atoms with E-state index in [2.05, 4.69) is 0 Å². The number of aliphatic hydroxyl groups excluding tert-OH is 1. The molecule has 0 aliphatic carbocycles. The zero-order chi connectivity index (χ0) is 23.5. The number of hydrogen-bond donors (Lipinski definition) is 1. The monoisotopic (exact) mass is 506 g/mol. The predicted octanol–water partition coefficient (Wildman–Crippen LogP) is 2.17. The van der Waals surface area contributed by atoms with Gasteiger partial charge >= 0.3 is 0 Å². The van der Waals surface area contributed by atoms with Gasteiger partial charge in [-0.3, -0.25) is 4.79 Å². The lowest BCUT2D eigenvalue weighted by Crippen LogP contribution is -2.57. The van der Waals surface area contributed by atoms with Gasteiger partial charge in [-0.2, -0.15) is 23.5 Å². The normalized spacial score (nSPS) is 34.4. The number of carbonyl (C=O) groups is 1. The molecule has 1 spiro atoms. The van der Waals surface area contributed by atoms with Gasteiger partial charge in [0, 0.05) is 42.6 Å². The quantitative estimate of drug-likeness (QED) is 0.469. The molecule has 4 heterocycles. The van der Waals surface area contributed by atoms with Gasteiger partial charge in [0.25, 0.3) is 0 Å². The number of ether oxygens (including phenoxy) is 6. The molecule has 4 aliphatic heterocycles. The maximum Gasteiger partial charge on any atom is 0.175 e. The van der Waals surface area contributed by atoms with E-state index in [1.807, 2.05) is 25.6 Å².